The molecule has 0 aromatic heterocycles. The van der Waals surface area contributed by atoms with Gasteiger partial charge in [-0.2, -0.15) is 0 Å². The Hall–Kier alpha value is -0.0800. The van der Waals surface area contributed by atoms with E-state index in [1.165, 1.54) is 0 Å². The SMILES string of the molecule is COCC(O)(C(C)C)C1CC1. The largest absolute Gasteiger partial charge is 0.387 e. The molecule has 1 saturated carbocycles. The Kier molecular flexibility index (Phi) is 2.55. The fourth-order valence-electron chi connectivity index (χ4n) is 1.57. The van der Waals surface area contributed by atoms with Crippen LogP contribution in [-0.2, 0) is 4.74 Å². The smallest absolute Gasteiger partial charge is 0.0930 e. The maximum absolute atomic E-state index is 10.1. The van der Waals surface area contributed by atoms with E-state index < -0.39 is 5.60 Å². The van der Waals surface area contributed by atoms with Crippen LogP contribution in [0.4, 0.5) is 0 Å². The molecule has 66 valence electrons. The molecule has 1 N–H and O–H groups in total. The Morgan fingerprint density at radius 1 is 1.55 bits per heavy atom. The van der Waals surface area contributed by atoms with Gasteiger partial charge in [-0.25, -0.2) is 0 Å². The molecule has 0 spiro atoms. The topological polar surface area (TPSA) is 29.5 Å². The first kappa shape index (κ1) is 9.01. The van der Waals surface area contributed by atoms with Crippen molar-refractivity contribution in [2.75, 3.05) is 13.7 Å². The molecule has 1 aliphatic carbocycles. The molecule has 0 amide bonds. The van der Waals surface area contributed by atoms with Gasteiger partial charge in [-0.05, 0) is 24.7 Å². The summed E-state index contributed by atoms with van der Waals surface area (Å²) < 4.78 is 5.02. The lowest BCUT2D eigenvalue weighted by Crippen LogP contribution is -2.42. The van der Waals surface area contributed by atoms with Gasteiger partial charge in [0.2, 0.25) is 0 Å². The minimum absolute atomic E-state index is 0.301. The maximum Gasteiger partial charge on any atom is 0.0930 e. The van der Waals surface area contributed by atoms with E-state index in [0.29, 0.717) is 18.4 Å². The highest BCUT2D eigenvalue weighted by Crippen LogP contribution is 2.43. The molecule has 0 aliphatic heterocycles. The van der Waals surface area contributed by atoms with Crippen LogP contribution < -0.4 is 0 Å². The Labute approximate surface area is 68.6 Å². The summed E-state index contributed by atoms with van der Waals surface area (Å²) >= 11 is 0. The minimum Gasteiger partial charge on any atom is -0.387 e. The van der Waals surface area contributed by atoms with Gasteiger partial charge in [-0.15, -0.1) is 0 Å². The summed E-state index contributed by atoms with van der Waals surface area (Å²) in [6, 6.07) is 0. The minimum atomic E-state index is -0.561. The first-order chi connectivity index (χ1) is 5.11. The molecule has 0 heterocycles. The average Bonchev–Trinajstić information content (AvgIpc) is 2.68. The van der Waals surface area contributed by atoms with Crippen molar-refractivity contribution in [1.29, 1.82) is 0 Å². The average molecular weight is 158 g/mol. The number of ether oxygens (including phenoxy) is 1. The van der Waals surface area contributed by atoms with Crippen molar-refractivity contribution >= 4 is 0 Å². The van der Waals surface area contributed by atoms with Crippen molar-refractivity contribution in [3.05, 3.63) is 0 Å². The van der Waals surface area contributed by atoms with Gasteiger partial charge < -0.3 is 9.84 Å². The zero-order valence-corrected chi connectivity index (χ0v) is 7.63. The zero-order chi connectivity index (χ0) is 8.48. The summed E-state index contributed by atoms with van der Waals surface area (Å²) in [6.45, 7) is 4.59. The van der Waals surface area contributed by atoms with Gasteiger partial charge >= 0.3 is 0 Å². The highest BCUT2D eigenvalue weighted by atomic mass is 16.5. The van der Waals surface area contributed by atoms with Crippen LogP contribution in [0, 0.1) is 11.8 Å². The lowest BCUT2D eigenvalue weighted by Gasteiger charge is -2.31. The monoisotopic (exact) mass is 158 g/mol. The second-order valence-electron chi connectivity index (χ2n) is 3.85. The molecule has 0 bridgehead atoms. The first-order valence-corrected chi connectivity index (χ1v) is 4.32. The fraction of sp³-hybridized carbons (Fsp3) is 1.00. The van der Waals surface area contributed by atoms with Crippen LogP contribution in [0.15, 0.2) is 0 Å². The Morgan fingerprint density at radius 2 is 2.09 bits per heavy atom. The van der Waals surface area contributed by atoms with E-state index in [1.54, 1.807) is 7.11 Å². The van der Waals surface area contributed by atoms with Crippen LogP contribution in [0.2, 0.25) is 0 Å². The molecule has 1 unspecified atom stereocenters. The molecule has 11 heavy (non-hydrogen) atoms. The summed E-state index contributed by atoms with van der Waals surface area (Å²) in [5.41, 5.74) is -0.561. The Morgan fingerprint density at radius 3 is 2.36 bits per heavy atom. The van der Waals surface area contributed by atoms with Crippen LogP contribution in [0.3, 0.4) is 0 Å². The van der Waals surface area contributed by atoms with E-state index in [9.17, 15) is 5.11 Å². The fourth-order valence-corrected chi connectivity index (χ4v) is 1.57. The zero-order valence-electron chi connectivity index (χ0n) is 7.63. The third kappa shape index (κ3) is 1.74. The van der Waals surface area contributed by atoms with E-state index in [-0.39, 0.29) is 0 Å². The van der Waals surface area contributed by atoms with Crippen molar-refractivity contribution < 1.29 is 9.84 Å². The third-order valence-corrected chi connectivity index (χ3v) is 2.66. The van der Waals surface area contributed by atoms with Crippen molar-refractivity contribution in [1.82, 2.24) is 0 Å². The van der Waals surface area contributed by atoms with Gasteiger partial charge in [0, 0.05) is 7.11 Å². The van der Waals surface area contributed by atoms with E-state index in [1.807, 2.05) is 0 Å². The van der Waals surface area contributed by atoms with Crippen LogP contribution in [0.25, 0.3) is 0 Å². The summed E-state index contributed by atoms with van der Waals surface area (Å²) in [4.78, 5) is 0. The third-order valence-electron chi connectivity index (χ3n) is 2.66. The van der Waals surface area contributed by atoms with Crippen LogP contribution in [0.5, 0.6) is 0 Å². The van der Waals surface area contributed by atoms with E-state index in [4.69, 9.17) is 4.74 Å². The quantitative estimate of drug-likeness (QED) is 0.670. The molecular formula is C9H18O2. The van der Waals surface area contributed by atoms with Crippen molar-refractivity contribution in [2.24, 2.45) is 11.8 Å². The van der Waals surface area contributed by atoms with Crippen LogP contribution in [0.1, 0.15) is 26.7 Å². The molecule has 0 aromatic rings. The normalized spacial score (nSPS) is 23.7. The molecule has 2 nitrogen and oxygen atoms in total. The second kappa shape index (κ2) is 3.11. The lowest BCUT2D eigenvalue weighted by molar-refractivity contribution is -0.0806. The van der Waals surface area contributed by atoms with Gasteiger partial charge in [0.05, 0.1) is 12.2 Å². The van der Waals surface area contributed by atoms with Gasteiger partial charge in [0.15, 0.2) is 0 Å². The van der Waals surface area contributed by atoms with Crippen LogP contribution in [-0.4, -0.2) is 24.4 Å². The predicted octanol–water partition coefficient (Wildman–Crippen LogP) is 1.43. The van der Waals surface area contributed by atoms with Gasteiger partial charge in [-0.1, -0.05) is 13.8 Å². The van der Waals surface area contributed by atoms with E-state index in [0.717, 1.165) is 12.8 Å². The Balaban J connectivity index is 2.53. The second-order valence-corrected chi connectivity index (χ2v) is 3.85. The number of aliphatic hydroxyl groups is 1. The first-order valence-electron chi connectivity index (χ1n) is 4.32. The standard InChI is InChI=1S/C9H18O2/c1-7(2)9(10,6-11-3)8-4-5-8/h7-8,10H,4-6H2,1-3H3. The number of methoxy groups -OCH3 is 1. The summed E-state index contributed by atoms with van der Waals surface area (Å²) in [7, 11) is 1.65. The van der Waals surface area contributed by atoms with Crippen molar-refractivity contribution in [3.63, 3.8) is 0 Å². The summed E-state index contributed by atoms with van der Waals surface area (Å²) in [5.74, 6) is 0.789. The molecule has 0 radical (unpaired) electrons. The molecule has 1 atom stereocenters. The molecule has 2 heteroatoms. The molecule has 0 aromatic carbocycles. The van der Waals surface area contributed by atoms with Gasteiger partial charge in [-0.3, -0.25) is 0 Å². The highest BCUT2D eigenvalue weighted by molar-refractivity contribution is 4.96. The van der Waals surface area contributed by atoms with Crippen molar-refractivity contribution in [3.8, 4) is 0 Å². The Bertz CT molecular complexity index is 126. The van der Waals surface area contributed by atoms with E-state index in [2.05, 4.69) is 13.8 Å². The lowest BCUT2D eigenvalue weighted by atomic mass is 9.86. The molecule has 1 aliphatic rings. The van der Waals surface area contributed by atoms with Crippen molar-refractivity contribution in [2.45, 2.75) is 32.3 Å². The molecule has 0 saturated heterocycles. The predicted molar refractivity (Wildman–Crippen MR) is 44.4 cm³/mol. The van der Waals surface area contributed by atoms with Gasteiger partial charge in [0.25, 0.3) is 0 Å². The molecular weight excluding hydrogens is 140 g/mol. The van der Waals surface area contributed by atoms with E-state index >= 15 is 0 Å². The maximum atomic E-state index is 10.1. The summed E-state index contributed by atoms with van der Waals surface area (Å²) in [5, 5.41) is 10.1. The number of rotatable bonds is 4. The van der Waals surface area contributed by atoms with Crippen LogP contribution >= 0.6 is 0 Å². The summed E-state index contributed by atoms with van der Waals surface area (Å²) in [6.07, 6.45) is 2.33. The molecule has 1 fully saturated rings. The molecule has 1 rings (SSSR count). The number of hydrogen-bond donors (Lipinski definition) is 1. The van der Waals surface area contributed by atoms with Gasteiger partial charge in [0.1, 0.15) is 0 Å². The highest BCUT2D eigenvalue weighted by Gasteiger charge is 2.45. The number of hydrogen-bond acceptors (Lipinski definition) is 2.